The van der Waals surface area contributed by atoms with Gasteiger partial charge in [0.2, 0.25) is 0 Å². The molecular weight excluding hydrogens is 480 g/mol. The second-order valence-corrected chi connectivity index (χ2v) is 11.3. The summed E-state index contributed by atoms with van der Waals surface area (Å²) in [6.07, 6.45) is 4.15. The van der Waals surface area contributed by atoms with E-state index in [0.29, 0.717) is 37.5 Å². The molecule has 5 nitrogen and oxygen atoms in total. The number of carbonyl (C=O) groups excluding carboxylic acids is 2. The number of carbonyl (C=O) groups is 2. The van der Waals surface area contributed by atoms with Crippen molar-refractivity contribution in [2.45, 2.75) is 55.0 Å². The van der Waals surface area contributed by atoms with E-state index in [-0.39, 0.29) is 24.4 Å². The summed E-state index contributed by atoms with van der Waals surface area (Å²) >= 11 is 6.20. The van der Waals surface area contributed by atoms with E-state index in [9.17, 15) is 13.8 Å². The minimum atomic E-state index is -1.56. The Kier molecular flexibility index (Phi) is 6.76. The number of nitrogens with zero attached hydrogens (tertiary/aromatic N) is 1. The molecule has 35 heavy (non-hydrogen) atoms. The molecule has 0 bridgehead atoms. The van der Waals surface area contributed by atoms with Gasteiger partial charge in [0.15, 0.2) is 0 Å². The third-order valence-electron chi connectivity index (χ3n) is 6.85. The lowest BCUT2D eigenvalue weighted by molar-refractivity contribution is 0.0921. The van der Waals surface area contributed by atoms with Crippen LogP contribution in [0.3, 0.4) is 0 Å². The van der Waals surface area contributed by atoms with Gasteiger partial charge in [-0.15, -0.1) is 0 Å². The first-order chi connectivity index (χ1) is 16.9. The molecule has 1 aliphatic heterocycles. The van der Waals surface area contributed by atoms with Crippen LogP contribution < -0.4 is 10.2 Å². The molecule has 3 aromatic carbocycles. The van der Waals surface area contributed by atoms with Crippen LogP contribution in [0.25, 0.3) is 0 Å². The van der Waals surface area contributed by atoms with Crippen LogP contribution in [0.15, 0.2) is 76.5 Å². The molecule has 1 fully saturated rings. The summed E-state index contributed by atoms with van der Waals surface area (Å²) < 4.78 is 13.6. The van der Waals surface area contributed by atoms with Crippen LogP contribution in [0.5, 0.6) is 0 Å². The maximum absolute atomic E-state index is 13.7. The van der Waals surface area contributed by atoms with Crippen molar-refractivity contribution in [1.29, 1.82) is 0 Å². The third-order valence-corrected chi connectivity index (χ3v) is 8.59. The van der Waals surface area contributed by atoms with Crippen LogP contribution in [-0.4, -0.2) is 22.1 Å². The van der Waals surface area contributed by atoms with Crippen LogP contribution in [-0.2, 0) is 17.3 Å². The van der Waals surface area contributed by atoms with Crippen LogP contribution in [0, 0.1) is 5.92 Å². The molecule has 1 saturated carbocycles. The number of amides is 2. The highest BCUT2D eigenvalue weighted by Crippen LogP contribution is 2.36. The van der Waals surface area contributed by atoms with E-state index in [0.717, 1.165) is 31.2 Å². The lowest BCUT2D eigenvalue weighted by Crippen LogP contribution is -2.37. The van der Waals surface area contributed by atoms with Gasteiger partial charge in [-0.25, -0.2) is 4.21 Å². The van der Waals surface area contributed by atoms with Gasteiger partial charge in [0.05, 0.1) is 38.4 Å². The Morgan fingerprint density at radius 1 is 1.00 bits per heavy atom. The van der Waals surface area contributed by atoms with Crippen molar-refractivity contribution < 1.29 is 13.8 Å². The van der Waals surface area contributed by atoms with Crippen LogP contribution in [0.1, 0.15) is 58.9 Å². The van der Waals surface area contributed by atoms with E-state index in [1.54, 1.807) is 53.4 Å². The fourth-order valence-corrected chi connectivity index (χ4v) is 6.41. The number of halogens is 1. The minimum absolute atomic E-state index is 0.153. The fraction of sp³-hybridized carbons (Fsp3) is 0.286. The van der Waals surface area contributed by atoms with Gasteiger partial charge in [0.25, 0.3) is 11.8 Å². The highest BCUT2D eigenvalue weighted by Gasteiger charge is 2.32. The van der Waals surface area contributed by atoms with Crippen LogP contribution in [0.2, 0.25) is 5.02 Å². The number of benzene rings is 3. The molecule has 0 saturated heterocycles. The summed E-state index contributed by atoms with van der Waals surface area (Å²) in [5.41, 5.74) is 2.17. The molecule has 3 aromatic rings. The number of anilines is 1. The normalized spacial score (nSPS) is 21.6. The summed E-state index contributed by atoms with van der Waals surface area (Å²) in [7, 11) is -1.56. The summed E-state index contributed by atoms with van der Waals surface area (Å²) in [4.78, 5) is 29.5. The molecule has 180 valence electrons. The van der Waals surface area contributed by atoms with Crippen LogP contribution >= 0.6 is 11.6 Å². The molecule has 7 heteroatoms. The molecule has 0 aromatic heterocycles. The number of hydrogen-bond acceptors (Lipinski definition) is 3. The third kappa shape index (κ3) is 4.91. The standard InChI is InChI=1S/C28H27ClN2O3S/c1-18-9-12-22(13-10-18)30-27(32)20-11-14-26-24(16-20)31(17-19-5-4-6-21(29)15-19)28(33)23-7-2-3-8-25(23)35(26)34/h2-8,11,14-16,18,22H,9-10,12-13,17H2,1H3,(H,30,32)/t18?,22?,35-/m1/s1. The van der Waals surface area contributed by atoms with Crippen molar-refractivity contribution in [3.8, 4) is 0 Å². The van der Waals surface area contributed by atoms with Gasteiger partial charge in [0, 0.05) is 16.6 Å². The minimum Gasteiger partial charge on any atom is -0.349 e. The second-order valence-electron chi connectivity index (χ2n) is 9.40. The molecule has 1 N–H and O–H groups in total. The predicted molar refractivity (Wildman–Crippen MR) is 138 cm³/mol. The van der Waals surface area contributed by atoms with Crippen molar-refractivity contribution in [3.63, 3.8) is 0 Å². The number of fused-ring (bicyclic) bond motifs is 2. The Hall–Kier alpha value is -2.96. The van der Waals surface area contributed by atoms with Gasteiger partial charge in [-0.05, 0) is 79.6 Å². The Labute approximate surface area is 212 Å². The Balaban J connectivity index is 1.54. The zero-order chi connectivity index (χ0) is 24.5. The van der Waals surface area contributed by atoms with Gasteiger partial charge < -0.3 is 10.2 Å². The molecular formula is C28H27ClN2O3S. The number of hydrogen-bond donors (Lipinski definition) is 1. The molecule has 1 aliphatic carbocycles. The van der Waals surface area contributed by atoms with Gasteiger partial charge in [-0.3, -0.25) is 9.59 Å². The monoisotopic (exact) mass is 506 g/mol. The quantitative estimate of drug-likeness (QED) is 0.473. The first kappa shape index (κ1) is 23.8. The predicted octanol–water partition coefficient (Wildman–Crippen LogP) is 5.98. The van der Waals surface area contributed by atoms with E-state index in [2.05, 4.69) is 12.2 Å². The zero-order valence-electron chi connectivity index (χ0n) is 19.5. The van der Waals surface area contributed by atoms with Crippen molar-refractivity contribution in [2.24, 2.45) is 5.92 Å². The smallest absolute Gasteiger partial charge is 0.259 e. The first-order valence-electron chi connectivity index (χ1n) is 11.9. The Morgan fingerprint density at radius 3 is 2.54 bits per heavy atom. The molecule has 5 rings (SSSR count). The molecule has 0 unspecified atom stereocenters. The van der Waals surface area contributed by atoms with Gasteiger partial charge in [0.1, 0.15) is 0 Å². The molecule has 2 amide bonds. The Morgan fingerprint density at radius 2 is 1.77 bits per heavy atom. The second kappa shape index (κ2) is 9.96. The summed E-state index contributed by atoms with van der Waals surface area (Å²) in [6, 6.07) is 19.6. The van der Waals surface area contributed by atoms with Crippen molar-refractivity contribution in [2.75, 3.05) is 4.90 Å². The van der Waals surface area contributed by atoms with E-state index >= 15 is 0 Å². The zero-order valence-corrected chi connectivity index (χ0v) is 21.1. The average Bonchev–Trinajstić information content (AvgIpc) is 2.95. The fourth-order valence-electron chi connectivity index (χ4n) is 4.85. The van der Waals surface area contributed by atoms with E-state index in [1.807, 2.05) is 18.2 Å². The lowest BCUT2D eigenvalue weighted by atomic mass is 9.87. The largest absolute Gasteiger partial charge is 0.349 e. The molecule has 1 heterocycles. The molecule has 2 aliphatic rings. The van der Waals surface area contributed by atoms with Gasteiger partial charge in [-0.1, -0.05) is 42.8 Å². The first-order valence-corrected chi connectivity index (χ1v) is 13.5. The van der Waals surface area contributed by atoms with E-state index < -0.39 is 10.8 Å². The summed E-state index contributed by atoms with van der Waals surface area (Å²) in [5, 5.41) is 3.73. The molecule has 0 radical (unpaired) electrons. The summed E-state index contributed by atoms with van der Waals surface area (Å²) in [5.74, 6) is 0.264. The number of nitrogens with one attached hydrogen (secondary N) is 1. The van der Waals surface area contributed by atoms with Crippen molar-refractivity contribution >= 4 is 39.9 Å². The Bertz CT molecular complexity index is 1320. The van der Waals surface area contributed by atoms with Crippen molar-refractivity contribution in [3.05, 3.63) is 88.4 Å². The van der Waals surface area contributed by atoms with Crippen molar-refractivity contribution in [1.82, 2.24) is 5.32 Å². The maximum atomic E-state index is 13.7. The average molecular weight is 507 g/mol. The molecule has 1 atom stereocenters. The van der Waals surface area contributed by atoms with Gasteiger partial charge >= 0.3 is 0 Å². The van der Waals surface area contributed by atoms with Gasteiger partial charge in [-0.2, -0.15) is 0 Å². The number of rotatable bonds is 4. The van der Waals surface area contributed by atoms with E-state index in [1.165, 1.54) is 0 Å². The van der Waals surface area contributed by atoms with Crippen LogP contribution in [0.4, 0.5) is 5.69 Å². The SMILES string of the molecule is CC1CCC(NC(=O)c2ccc3c(c2)N(Cc2cccc(Cl)c2)C(=O)c2ccccc2[S@]3=O)CC1. The summed E-state index contributed by atoms with van der Waals surface area (Å²) in [6.45, 7) is 2.48. The van der Waals surface area contributed by atoms with E-state index in [4.69, 9.17) is 11.6 Å². The molecule has 0 spiro atoms. The highest BCUT2D eigenvalue weighted by molar-refractivity contribution is 7.85. The maximum Gasteiger partial charge on any atom is 0.259 e. The highest BCUT2D eigenvalue weighted by atomic mass is 35.5. The topological polar surface area (TPSA) is 66.5 Å². The lowest BCUT2D eigenvalue weighted by Gasteiger charge is -2.27.